The summed E-state index contributed by atoms with van der Waals surface area (Å²) in [6.45, 7) is 4.47. The number of carbonyl (C=O) groups is 3. The van der Waals surface area contributed by atoms with Crippen molar-refractivity contribution in [1.29, 1.82) is 0 Å². The van der Waals surface area contributed by atoms with Gasteiger partial charge in [0.1, 0.15) is 5.82 Å². The zero-order valence-electron chi connectivity index (χ0n) is 14.9. The van der Waals surface area contributed by atoms with Crippen LogP contribution in [0.4, 0.5) is 4.39 Å². The summed E-state index contributed by atoms with van der Waals surface area (Å²) in [7, 11) is 0. The Labute approximate surface area is 156 Å². The molecule has 0 atom stereocenters. The second kappa shape index (κ2) is 8.45. The quantitative estimate of drug-likeness (QED) is 0.801. The van der Waals surface area contributed by atoms with Crippen molar-refractivity contribution >= 4 is 17.8 Å². The maximum absolute atomic E-state index is 14.1. The van der Waals surface area contributed by atoms with Crippen molar-refractivity contribution in [2.45, 2.75) is 0 Å². The zero-order chi connectivity index (χ0) is 19.4. The molecule has 2 aliphatic heterocycles. The van der Waals surface area contributed by atoms with Gasteiger partial charge in [0.15, 0.2) is 0 Å². The van der Waals surface area contributed by atoms with E-state index >= 15 is 0 Å². The van der Waals surface area contributed by atoms with Gasteiger partial charge in [-0.05, 0) is 18.2 Å². The highest BCUT2D eigenvalue weighted by Gasteiger charge is 2.27. The highest BCUT2D eigenvalue weighted by atomic mass is 19.1. The molecular weight excluding hydrogens is 357 g/mol. The molecule has 0 unspecified atom stereocenters. The van der Waals surface area contributed by atoms with E-state index in [0.29, 0.717) is 45.9 Å². The average Bonchev–Trinajstić information content (AvgIpc) is 2.68. The molecule has 2 aliphatic rings. The number of amides is 2. The maximum atomic E-state index is 14.1. The lowest BCUT2D eigenvalue weighted by Crippen LogP contribution is -2.53. The lowest BCUT2D eigenvalue weighted by molar-refractivity contribution is -0.134. The fraction of sp³-hybridized carbons (Fsp3) is 0.500. The molecule has 1 N–H and O–H groups in total. The molecule has 2 fully saturated rings. The molecule has 0 saturated carbocycles. The second-order valence-electron chi connectivity index (χ2n) is 6.56. The van der Waals surface area contributed by atoms with Gasteiger partial charge < -0.3 is 19.6 Å². The smallest absolute Gasteiger partial charge is 0.335 e. The Kier molecular flexibility index (Phi) is 6.02. The van der Waals surface area contributed by atoms with Crippen molar-refractivity contribution in [3.05, 3.63) is 35.1 Å². The van der Waals surface area contributed by atoms with Crippen LogP contribution in [0.3, 0.4) is 0 Å². The first kappa shape index (κ1) is 19.2. The molecule has 146 valence electrons. The predicted molar refractivity (Wildman–Crippen MR) is 93.1 cm³/mol. The van der Waals surface area contributed by atoms with E-state index in [1.165, 1.54) is 17.0 Å². The molecule has 2 heterocycles. The molecular formula is C18H22FN3O5. The van der Waals surface area contributed by atoms with Crippen molar-refractivity contribution in [1.82, 2.24) is 14.7 Å². The fourth-order valence-electron chi connectivity index (χ4n) is 3.20. The number of aromatic carboxylic acids is 1. The molecule has 1 aromatic carbocycles. The molecule has 0 bridgehead atoms. The van der Waals surface area contributed by atoms with Gasteiger partial charge in [0.2, 0.25) is 5.91 Å². The Morgan fingerprint density at radius 1 is 1.00 bits per heavy atom. The van der Waals surface area contributed by atoms with Crippen molar-refractivity contribution < 1.29 is 28.6 Å². The lowest BCUT2D eigenvalue weighted by Gasteiger charge is -2.36. The number of hydrogen-bond donors (Lipinski definition) is 1. The first-order chi connectivity index (χ1) is 13.0. The predicted octanol–water partition coefficient (Wildman–Crippen LogP) is 0.141. The summed E-state index contributed by atoms with van der Waals surface area (Å²) in [5.74, 6) is -2.59. The van der Waals surface area contributed by atoms with Gasteiger partial charge in [-0.1, -0.05) is 0 Å². The Bertz CT molecular complexity index is 728. The summed E-state index contributed by atoms with van der Waals surface area (Å²) in [5.41, 5.74) is -0.365. The molecule has 0 aromatic heterocycles. The van der Waals surface area contributed by atoms with Gasteiger partial charge >= 0.3 is 5.97 Å². The number of carboxylic acid groups (broad SMARTS) is 1. The first-order valence-corrected chi connectivity index (χ1v) is 8.85. The fourth-order valence-corrected chi connectivity index (χ4v) is 3.20. The van der Waals surface area contributed by atoms with Crippen LogP contribution in [0, 0.1) is 5.82 Å². The van der Waals surface area contributed by atoms with Crippen LogP contribution in [0.15, 0.2) is 18.2 Å². The number of piperazine rings is 1. The molecule has 2 saturated heterocycles. The van der Waals surface area contributed by atoms with Crippen LogP contribution in [0.2, 0.25) is 0 Å². The Morgan fingerprint density at radius 2 is 1.63 bits per heavy atom. The van der Waals surface area contributed by atoms with Crippen LogP contribution in [0.5, 0.6) is 0 Å². The first-order valence-electron chi connectivity index (χ1n) is 8.85. The summed E-state index contributed by atoms with van der Waals surface area (Å²) in [6, 6.07) is 3.25. The number of morpholine rings is 1. The third kappa shape index (κ3) is 4.61. The van der Waals surface area contributed by atoms with Gasteiger partial charge in [0.05, 0.1) is 30.9 Å². The normalized spacial score (nSPS) is 18.4. The SMILES string of the molecule is O=C(O)c1ccc(C(=O)N2CCN(C(=O)CN3CCOCC3)CC2)c(F)c1. The number of carbonyl (C=O) groups excluding carboxylic acids is 2. The van der Waals surface area contributed by atoms with E-state index in [2.05, 4.69) is 0 Å². The summed E-state index contributed by atoms with van der Waals surface area (Å²) < 4.78 is 19.4. The molecule has 27 heavy (non-hydrogen) atoms. The van der Waals surface area contributed by atoms with Gasteiger partial charge in [0, 0.05) is 39.3 Å². The van der Waals surface area contributed by atoms with Gasteiger partial charge in [-0.3, -0.25) is 14.5 Å². The summed E-state index contributed by atoms with van der Waals surface area (Å²) in [6.07, 6.45) is 0. The highest BCUT2D eigenvalue weighted by molar-refractivity contribution is 5.96. The number of rotatable bonds is 4. The third-order valence-corrected chi connectivity index (χ3v) is 4.83. The molecule has 0 aliphatic carbocycles. The third-order valence-electron chi connectivity index (χ3n) is 4.83. The number of hydrogen-bond acceptors (Lipinski definition) is 5. The number of nitrogens with zero attached hydrogens (tertiary/aromatic N) is 3. The number of halogens is 1. The van der Waals surface area contributed by atoms with Crippen LogP contribution in [-0.4, -0.2) is 96.6 Å². The molecule has 2 amide bonds. The molecule has 0 spiro atoms. The van der Waals surface area contributed by atoms with Crippen molar-refractivity contribution in [3.8, 4) is 0 Å². The van der Waals surface area contributed by atoms with Crippen molar-refractivity contribution in [2.24, 2.45) is 0 Å². The standard InChI is InChI=1S/C18H22FN3O5/c19-15-11-13(18(25)26)1-2-14(15)17(24)22-5-3-21(4-6-22)16(23)12-20-7-9-27-10-8-20/h1-2,11H,3-10,12H2,(H,25,26). The van der Waals surface area contributed by atoms with E-state index in [-0.39, 0.29) is 17.0 Å². The Balaban J connectivity index is 1.54. The van der Waals surface area contributed by atoms with E-state index in [1.54, 1.807) is 4.90 Å². The monoisotopic (exact) mass is 379 g/mol. The molecule has 3 rings (SSSR count). The average molecular weight is 379 g/mol. The zero-order valence-corrected chi connectivity index (χ0v) is 14.9. The molecule has 9 heteroatoms. The van der Waals surface area contributed by atoms with E-state index in [4.69, 9.17) is 9.84 Å². The molecule has 8 nitrogen and oxygen atoms in total. The van der Waals surface area contributed by atoms with Crippen molar-refractivity contribution in [3.63, 3.8) is 0 Å². The summed E-state index contributed by atoms with van der Waals surface area (Å²) in [4.78, 5) is 41.0. The molecule has 1 aromatic rings. The Morgan fingerprint density at radius 3 is 2.22 bits per heavy atom. The van der Waals surface area contributed by atoms with Gasteiger partial charge in [0.25, 0.3) is 5.91 Å². The highest BCUT2D eigenvalue weighted by Crippen LogP contribution is 2.15. The lowest BCUT2D eigenvalue weighted by atomic mass is 10.1. The topological polar surface area (TPSA) is 90.4 Å². The number of carboxylic acids is 1. The summed E-state index contributed by atoms with van der Waals surface area (Å²) in [5, 5.41) is 8.88. The van der Waals surface area contributed by atoms with Gasteiger partial charge in [-0.2, -0.15) is 0 Å². The van der Waals surface area contributed by atoms with Gasteiger partial charge in [-0.15, -0.1) is 0 Å². The largest absolute Gasteiger partial charge is 0.478 e. The minimum Gasteiger partial charge on any atom is -0.478 e. The van der Waals surface area contributed by atoms with Gasteiger partial charge in [-0.25, -0.2) is 9.18 Å². The number of benzene rings is 1. The van der Waals surface area contributed by atoms with Crippen LogP contribution in [0.1, 0.15) is 20.7 Å². The molecule has 0 radical (unpaired) electrons. The minimum absolute atomic E-state index is 0.0148. The van der Waals surface area contributed by atoms with Crippen LogP contribution >= 0.6 is 0 Å². The van der Waals surface area contributed by atoms with Crippen LogP contribution in [-0.2, 0) is 9.53 Å². The van der Waals surface area contributed by atoms with Crippen LogP contribution < -0.4 is 0 Å². The van der Waals surface area contributed by atoms with Crippen LogP contribution in [0.25, 0.3) is 0 Å². The van der Waals surface area contributed by atoms with E-state index in [9.17, 15) is 18.8 Å². The maximum Gasteiger partial charge on any atom is 0.335 e. The second-order valence-corrected chi connectivity index (χ2v) is 6.56. The Hall–Kier alpha value is -2.52. The van der Waals surface area contributed by atoms with E-state index in [1.807, 2.05) is 4.90 Å². The van der Waals surface area contributed by atoms with E-state index in [0.717, 1.165) is 19.2 Å². The van der Waals surface area contributed by atoms with Crippen molar-refractivity contribution in [2.75, 3.05) is 59.0 Å². The minimum atomic E-state index is -1.25. The van der Waals surface area contributed by atoms with E-state index < -0.39 is 17.7 Å². The number of ether oxygens (including phenoxy) is 1. The summed E-state index contributed by atoms with van der Waals surface area (Å²) >= 11 is 0.